The lowest BCUT2D eigenvalue weighted by atomic mass is 9.95. The molecule has 0 aliphatic heterocycles. The number of carbonyl (C=O) groups excluding carboxylic acids is 2. The zero-order valence-corrected chi connectivity index (χ0v) is 17.1. The van der Waals surface area contributed by atoms with Crippen LogP contribution in [0.3, 0.4) is 0 Å². The van der Waals surface area contributed by atoms with Gasteiger partial charge in [0.2, 0.25) is 5.91 Å². The Bertz CT molecular complexity index is 620. The lowest BCUT2D eigenvalue weighted by Gasteiger charge is -2.29. The minimum atomic E-state index is -0.809. The lowest BCUT2D eigenvalue weighted by molar-refractivity contribution is -0.122. The van der Waals surface area contributed by atoms with Crippen LogP contribution in [-0.4, -0.2) is 51.6 Å². The first kappa shape index (κ1) is 19.6. The van der Waals surface area contributed by atoms with Crippen molar-refractivity contribution < 1.29 is 13.8 Å². The first-order chi connectivity index (χ1) is 11.4. The molecule has 0 radical (unpaired) electrons. The fourth-order valence-electron chi connectivity index (χ4n) is 2.93. The number of carbonyl (C=O) groups is 2. The lowest BCUT2D eigenvalue weighted by Crippen LogP contribution is -2.45. The molecule has 1 N–H and O–H groups in total. The summed E-state index contributed by atoms with van der Waals surface area (Å²) in [4.78, 5) is 26.5. The maximum absolute atomic E-state index is 12.3. The summed E-state index contributed by atoms with van der Waals surface area (Å²) >= 11 is 4.69. The number of halogens is 1. The van der Waals surface area contributed by atoms with E-state index in [4.69, 9.17) is 0 Å². The van der Waals surface area contributed by atoms with Crippen LogP contribution in [-0.2, 0) is 15.6 Å². The van der Waals surface area contributed by atoms with Gasteiger partial charge >= 0.3 is 0 Å². The van der Waals surface area contributed by atoms with E-state index >= 15 is 0 Å². The summed E-state index contributed by atoms with van der Waals surface area (Å²) in [6, 6.07) is 3.63. The Labute approximate surface area is 157 Å². The maximum Gasteiger partial charge on any atom is 0.264 e. The molecule has 1 fully saturated rings. The average molecular weight is 435 g/mol. The fourth-order valence-corrected chi connectivity index (χ4v) is 5.66. The molecular weight excluding hydrogens is 412 g/mol. The molecule has 3 atom stereocenters. The molecule has 0 aromatic carbocycles. The predicted molar refractivity (Wildman–Crippen MR) is 102 cm³/mol. The van der Waals surface area contributed by atoms with Crippen molar-refractivity contribution >= 4 is 49.9 Å². The second-order valence-corrected chi connectivity index (χ2v) is 10.5. The summed E-state index contributed by atoms with van der Waals surface area (Å²) in [5.74, 6) is 0.350. The maximum atomic E-state index is 12.3. The quantitative estimate of drug-likeness (QED) is 0.748. The Morgan fingerprint density at radius 2 is 2.17 bits per heavy atom. The van der Waals surface area contributed by atoms with Crippen molar-refractivity contribution in [2.45, 2.75) is 43.9 Å². The van der Waals surface area contributed by atoms with Gasteiger partial charge in [-0.1, -0.05) is 13.3 Å². The monoisotopic (exact) mass is 434 g/mol. The Morgan fingerprint density at radius 3 is 2.79 bits per heavy atom. The molecule has 0 unspecified atom stereocenters. The van der Waals surface area contributed by atoms with Gasteiger partial charge in [-0.25, -0.2) is 0 Å². The van der Waals surface area contributed by atoms with E-state index in [0.717, 1.165) is 29.5 Å². The number of nitrogens with one attached hydrogen (secondary N) is 1. The fraction of sp³-hybridized carbons (Fsp3) is 0.625. The van der Waals surface area contributed by atoms with Crippen LogP contribution < -0.4 is 5.32 Å². The predicted octanol–water partition coefficient (Wildman–Crippen LogP) is 2.78. The molecule has 0 saturated heterocycles. The van der Waals surface area contributed by atoms with Crippen molar-refractivity contribution in [3.63, 3.8) is 0 Å². The van der Waals surface area contributed by atoms with Gasteiger partial charge in [0.05, 0.1) is 15.2 Å². The van der Waals surface area contributed by atoms with Gasteiger partial charge in [-0.05, 0) is 47.3 Å². The van der Waals surface area contributed by atoms with Gasteiger partial charge in [-0.3, -0.25) is 13.8 Å². The van der Waals surface area contributed by atoms with Crippen molar-refractivity contribution in [3.8, 4) is 0 Å². The average Bonchev–Trinajstić information content (AvgIpc) is 2.99. The SMILES string of the molecule is CC[S@@](=O)[C@@H]1CCC[C@H](NC(=O)CN(C)C(=O)c2ccc(Br)s2)C1. The smallest absolute Gasteiger partial charge is 0.264 e. The number of likely N-dealkylation sites (N-methyl/N-ethyl adjacent to an activating group) is 1. The van der Waals surface area contributed by atoms with E-state index in [1.807, 2.05) is 13.0 Å². The molecule has 1 aliphatic rings. The Hall–Kier alpha value is -0.730. The minimum absolute atomic E-state index is 0.0341. The van der Waals surface area contributed by atoms with E-state index in [1.165, 1.54) is 16.2 Å². The van der Waals surface area contributed by atoms with Crippen LogP contribution in [0.15, 0.2) is 15.9 Å². The van der Waals surface area contributed by atoms with Crippen LogP contribution in [0.25, 0.3) is 0 Å². The Balaban J connectivity index is 1.84. The van der Waals surface area contributed by atoms with Crippen molar-refractivity contribution in [2.75, 3.05) is 19.3 Å². The topological polar surface area (TPSA) is 66.5 Å². The van der Waals surface area contributed by atoms with Crippen molar-refractivity contribution in [3.05, 3.63) is 20.8 Å². The van der Waals surface area contributed by atoms with Gasteiger partial charge in [0.25, 0.3) is 5.91 Å². The largest absolute Gasteiger partial charge is 0.352 e. The highest BCUT2D eigenvalue weighted by Crippen LogP contribution is 2.24. The van der Waals surface area contributed by atoms with Crippen LogP contribution in [0, 0.1) is 0 Å². The number of rotatable bonds is 6. The highest BCUT2D eigenvalue weighted by atomic mass is 79.9. The van der Waals surface area contributed by atoms with Crippen LogP contribution in [0.2, 0.25) is 0 Å². The molecule has 1 heterocycles. The van der Waals surface area contributed by atoms with Gasteiger partial charge in [0.15, 0.2) is 0 Å². The van der Waals surface area contributed by atoms with Crippen molar-refractivity contribution in [1.29, 1.82) is 0 Å². The van der Waals surface area contributed by atoms with E-state index in [1.54, 1.807) is 13.1 Å². The third-order valence-electron chi connectivity index (χ3n) is 4.16. The van der Waals surface area contributed by atoms with Gasteiger partial charge in [-0.15, -0.1) is 11.3 Å². The summed E-state index contributed by atoms with van der Waals surface area (Å²) in [5, 5.41) is 3.17. The molecule has 5 nitrogen and oxygen atoms in total. The van der Waals surface area contributed by atoms with Crippen molar-refractivity contribution in [2.24, 2.45) is 0 Å². The van der Waals surface area contributed by atoms with E-state index < -0.39 is 10.8 Å². The van der Waals surface area contributed by atoms with E-state index in [-0.39, 0.29) is 29.7 Å². The molecule has 8 heteroatoms. The summed E-state index contributed by atoms with van der Waals surface area (Å²) in [7, 11) is 0.822. The molecule has 1 aromatic rings. The number of hydrogen-bond acceptors (Lipinski definition) is 4. The second-order valence-electron chi connectivity index (χ2n) is 5.99. The van der Waals surface area contributed by atoms with Crippen molar-refractivity contribution in [1.82, 2.24) is 10.2 Å². The van der Waals surface area contributed by atoms with Crippen LogP contribution in [0.4, 0.5) is 0 Å². The Morgan fingerprint density at radius 1 is 1.42 bits per heavy atom. The molecule has 1 aliphatic carbocycles. The van der Waals surface area contributed by atoms with Gasteiger partial charge in [0.1, 0.15) is 0 Å². The Kier molecular flexibility index (Phi) is 7.43. The zero-order chi connectivity index (χ0) is 17.7. The number of amides is 2. The normalized spacial score (nSPS) is 22.0. The minimum Gasteiger partial charge on any atom is -0.352 e. The molecular formula is C16H23BrN2O3S2. The van der Waals surface area contributed by atoms with E-state index in [2.05, 4.69) is 21.2 Å². The highest BCUT2D eigenvalue weighted by Gasteiger charge is 2.27. The van der Waals surface area contributed by atoms with Gasteiger partial charge < -0.3 is 10.2 Å². The van der Waals surface area contributed by atoms with Gasteiger partial charge in [-0.2, -0.15) is 0 Å². The third-order valence-corrected chi connectivity index (χ3v) is 7.51. The number of nitrogens with zero attached hydrogens (tertiary/aromatic N) is 1. The van der Waals surface area contributed by atoms with E-state index in [9.17, 15) is 13.8 Å². The van der Waals surface area contributed by atoms with Crippen LogP contribution >= 0.6 is 27.3 Å². The summed E-state index contributed by atoms with van der Waals surface area (Å²) in [6.07, 6.45) is 3.64. The standard InChI is InChI=1S/C16H23BrN2O3S2/c1-3-24(22)12-6-4-5-11(9-12)18-15(20)10-19(2)16(21)13-7-8-14(17)23-13/h7-8,11-12H,3-6,9-10H2,1-2H3,(H,18,20)/t11-,12+,24+/m0/s1. The van der Waals surface area contributed by atoms with E-state index in [0.29, 0.717) is 10.6 Å². The number of hydrogen-bond donors (Lipinski definition) is 1. The molecule has 1 aromatic heterocycles. The van der Waals surface area contributed by atoms with Crippen LogP contribution in [0.1, 0.15) is 42.3 Å². The summed E-state index contributed by atoms with van der Waals surface area (Å²) < 4.78 is 12.9. The first-order valence-corrected chi connectivity index (χ1v) is 11.1. The molecule has 2 amide bonds. The number of thiophene rings is 1. The third kappa shape index (κ3) is 5.39. The molecule has 0 bridgehead atoms. The van der Waals surface area contributed by atoms with Gasteiger partial charge in [0, 0.05) is 34.9 Å². The molecule has 134 valence electrons. The molecule has 1 saturated carbocycles. The molecule has 0 spiro atoms. The molecule has 24 heavy (non-hydrogen) atoms. The van der Waals surface area contributed by atoms with Crippen LogP contribution in [0.5, 0.6) is 0 Å². The highest BCUT2D eigenvalue weighted by molar-refractivity contribution is 9.11. The molecule has 2 rings (SSSR count). The zero-order valence-electron chi connectivity index (χ0n) is 13.9. The summed E-state index contributed by atoms with van der Waals surface area (Å²) in [6.45, 7) is 1.97. The summed E-state index contributed by atoms with van der Waals surface area (Å²) in [5.41, 5.74) is 0. The second kappa shape index (κ2) is 9.10. The first-order valence-electron chi connectivity index (χ1n) is 8.08.